The molecule has 1 amide bonds. The first-order valence-electron chi connectivity index (χ1n) is 13.2. The van der Waals surface area contributed by atoms with Crippen molar-refractivity contribution in [2.24, 2.45) is 17.6 Å². The molecule has 3 atom stereocenters. The number of rotatable bonds is 7. The van der Waals surface area contributed by atoms with Crippen molar-refractivity contribution in [3.63, 3.8) is 0 Å². The molecule has 40 heavy (non-hydrogen) atoms. The van der Waals surface area contributed by atoms with Gasteiger partial charge < -0.3 is 36.2 Å². The number of carbonyl (C=O) groups excluding carboxylic acids is 3. The van der Waals surface area contributed by atoms with Crippen molar-refractivity contribution in [3.05, 3.63) is 75.1 Å². The fourth-order valence-electron chi connectivity index (χ4n) is 6.46. The Balaban J connectivity index is 1.54. The highest BCUT2D eigenvalue weighted by Crippen LogP contribution is 2.52. The molecule has 7 N–H and O–H groups in total. The third kappa shape index (κ3) is 4.06. The summed E-state index contributed by atoms with van der Waals surface area (Å²) in [5.41, 5.74) is 4.85. The van der Waals surface area contributed by atoms with Crippen LogP contribution in [-0.2, 0) is 40.3 Å². The molecule has 0 heterocycles. The minimum atomic E-state index is -2.58. The van der Waals surface area contributed by atoms with Gasteiger partial charge in [0.1, 0.15) is 28.6 Å². The second-order valence-electron chi connectivity index (χ2n) is 10.6. The maximum absolute atomic E-state index is 13.7. The largest absolute Gasteiger partial charge is 0.508 e. The number of methoxy groups -OCH3 is 1. The van der Waals surface area contributed by atoms with Crippen LogP contribution in [0.3, 0.4) is 0 Å². The van der Waals surface area contributed by atoms with E-state index in [4.69, 9.17) is 10.5 Å². The number of aliphatic hydroxyl groups is 3. The van der Waals surface area contributed by atoms with Gasteiger partial charge in [0, 0.05) is 42.1 Å². The molecule has 0 bridgehead atoms. The maximum Gasteiger partial charge on any atom is 0.255 e. The zero-order valence-corrected chi connectivity index (χ0v) is 22.3. The van der Waals surface area contributed by atoms with E-state index < -0.39 is 52.0 Å². The van der Waals surface area contributed by atoms with Crippen molar-refractivity contribution in [2.75, 3.05) is 7.11 Å². The highest BCUT2D eigenvalue weighted by atomic mass is 16.5. The van der Waals surface area contributed by atoms with Gasteiger partial charge in [0.05, 0.1) is 12.7 Å². The first-order chi connectivity index (χ1) is 19.0. The number of aromatic hydroxyl groups is 1. The number of ketones is 2. The molecule has 0 saturated heterocycles. The summed E-state index contributed by atoms with van der Waals surface area (Å²) in [7, 11) is 1.59. The highest BCUT2D eigenvalue weighted by molar-refractivity contribution is 6.22. The number of para-hydroxylation sites is 1. The number of Topliss-reactive ketones (excluding diaryl/α,β-unsaturated/α-hetero) is 2. The van der Waals surface area contributed by atoms with Crippen LogP contribution in [0.1, 0.15) is 47.6 Å². The highest BCUT2D eigenvalue weighted by Gasteiger charge is 2.60. The Hall–Kier alpha value is -4.15. The van der Waals surface area contributed by atoms with Crippen LogP contribution < -0.4 is 15.8 Å². The lowest BCUT2D eigenvalue weighted by molar-refractivity contribution is -0.147. The summed E-state index contributed by atoms with van der Waals surface area (Å²) in [6.07, 6.45) is 0.655. The van der Waals surface area contributed by atoms with E-state index in [-0.39, 0.29) is 36.3 Å². The summed E-state index contributed by atoms with van der Waals surface area (Å²) >= 11 is 0. The molecule has 1 saturated carbocycles. The first-order valence-corrected chi connectivity index (χ1v) is 13.2. The number of ether oxygens (including phenoxy) is 1. The van der Waals surface area contributed by atoms with Crippen LogP contribution in [0.4, 0.5) is 0 Å². The SMILES string of the molecule is CCc1cc(CNCc2ccccc2OC)c(O)c2c1C[C@H]1C[C@H]3CC(=O)C(C(N)=O)=C(O)[C@@]3(O)C(=O)C1=C2O. The Morgan fingerprint density at radius 3 is 2.48 bits per heavy atom. The van der Waals surface area contributed by atoms with Crippen LogP contribution in [0.2, 0.25) is 0 Å². The Kier molecular flexibility index (Phi) is 6.93. The van der Waals surface area contributed by atoms with Crippen LogP contribution in [0.5, 0.6) is 11.5 Å². The molecule has 2 aromatic rings. The number of phenols is 1. The standard InChI is InChI=1S/C30H32N2O8/c1-3-14-8-17(13-32-12-15-6-4-5-7-21(15)40-2)25(34)23-19(14)10-16-9-18-11-20(33)24(29(31)38)28(37)30(18,39)27(36)22(16)26(23)35/h4-8,16,18,32,34-35,37,39H,3,9-13H2,1-2H3,(H2,31,38)/t16-,18+,30+/m1/s1. The van der Waals surface area contributed by atoms with E-state index in [9.17, 15) is 34.8 Å². The fraction of sp³-hybridized carbons (Fsp3) is 0.367. The molecule has 10 heteroatoms. The number of nitrogens with two attached hydrogens (primary N) is 1. The predicted octanol–water partition coefficient (Wildman–Crippen LogP) is 2.28. The predicted molar refractivity (Wildman–Crippen MR) is 144 cm³/mol. The topological polar surface area (TPSA) is 179 Å². The van der Waals surface area contributed by atoms with Gasteiger partial charge in [0.2, 0.25) is 5.78 Å². The number of fused-ring (bicyclic) bond motifs is 3. The van der Waals surface area contributed by atoms with Crippen LogP contribution >= 0.6 is 0 Å². The molecule has 10 nitrogen and oxygen atoms in total. The van der Waals surface area contributed by atoms with Gasteiger partial charge in [-0.3, -0.25) is 14.4 Å². The Labute approximate surface area is 230 Å². The molecule has 210 valence electrons. The number of aryl methyl sites for hydroxylation is 1. The molecule has 5 rings (SSSR count). The molecule has 1 fully saturated rings. The number of aliphatic hydroxyl groups excluding tert-OH is 2. The number of phenolic OH excluding ortho intramolecular Hbond substituents is 1. The van der Waals surface area contributed by atoms with Gasteiger partial charge in [0.15, 0.2) is 11.4 Å². The summed E-state index contributed by atoms with van der Waals surface area (Å²) in [4.78, 5) is 38.1. The van der Waals surface area contributed by atoms with Crippen molar-refractivity contribution < 1.29 is 39.5 Å². The quantitative estimate of drug-likeness (QED) is 0.283. The summed E-state index contributed by atoms with van der Waals surface area (Å²) < 4.78 is 5.39. The van der Waals surface area contributed by atoms with Crippen LogP contribution in [0.25, 0.3) is 5.76 Å². The Bertz CT molecular complexity index is 1510. The van der Waals surface area contributed by atoms with E-state index in [1.165, 1.54) is 0 Å². The summed E-state index contributed by atoms with van der Waals surface area (Å²) in [5.74, 6) is -5.56. The van der Waals surface area contributed by atoms with Gasteiger partial charge in [-0.15, -0.1) is 0 Å². The first kappa shape index (κ1) is 27.4. The van der Waals surface area contributed by atoms with E-state index in [1.54, 1.807) is 7.11 Å². The molecule has 3 aliphatic carbocycles. The number of hydrogen-bond acceptors (Lipinski definition) is 9. The molecule has 0 radical (unpaired) electrons. The van der Waals surface area contributed by atoms with Crippen LogP contribution in [0.15, 0.2) is 47.2 Å². The van der Waals surface area contributed by atoms with Gasteiger partial charge >= 0.3 is 0 Å². The molecular formula is C30H32N2O8. The third-order valence-electron chi connectivity index (χ3n) is 8.44. The van der Waals surface area contributed by atoms with Crippen molar-refractivity contribution in [1.29, 1.82) is 0 Å². The summed E-state index contributed by atoms with van der Waals surface area (Å²) in [5, 5.41) is 48.2. The molecule has 0 unspecified atom stereocenters. The van der Waals surface area contributed by atoms with Crippen molar-refractivity contribution in [1.82, 2.24) is 5.32 Å². The lowest BCUT2D eigenvalue weighted by atomic mass is 9.59. The van der Waals surface area contributed by atoms with Gasteiger partial charge in [-0.25, -0.2) is 0 Å². The second-order valence-corrected chi connectivity index (χ2v) is 10.6. The number of benzene rings is 2. The second kappa shape index (κ2) is 10.1. The van der Waals surface area contributed by atoms with Gasteiger partial charge in [0.25, 0.3) is 5.91 Å². The zero-order chi connectivity index (χ0) is 28.9. The van der Waals surface area contributed by atoms with E-state index >= 15 is 0 Å². The molecular weight excluding hydrogens is 516 g/mol. The minimum absolute atomic E-state index is 0.106. The van der Waals surface area contributed by atoms with Crippen molar-refractivity contribution in [3.8, 4) is 11.5 Å². The van der Waals surface area contributed by atoms with Gasteiger partial charge in [-0.1, -0.05) is 31.2 Å². The van der Waals surface area contributed by atoms with E-state index in [2.05, 4.69) is 5.32 Å². The van der Waals surface area contributed by atoms with E-state index in [1.807, 2.05) is 37.3 Å². The molecule has 0 aliphatic heterocycles. The number of carbonyl (C=O) groups is 3. The number of hydrogen-bond donors (Lipinski definition) is 6. The van der Waals surface area contributed by atoms with Gasteiger partial charge in [-0.2, -0.15) is 0 Å². The molecule has 0 spiro atoms. The minimum Gasteiger partial charge on any atom is -0.508 e. The number of amides is 1. The average Bonchev–Trinajstić information content (AvgIpc) is 2.92. The van der Waals surface area contributed by atoms with Crippen LogP contribution in [-0.4, -0.2) is 50.6 Å². The monoisotopic (exact) mass is 548 g/mol. The lowest BCUT2D eigenvalue weighted by Crippen LogP contribution is -2.58. The maximum atomic E-state index is 13.7. The van der Waals surface area contributed by atoms with Crippen LogP contribution in [0, 0.1) is 11.8 Å². The lowest BCUT2D eigenvalue weighted by Gasteiger charge is -2.46. The number of nitrogens with one attached hydrogen (secondary N) is 1. The molecule has 2 aromatic carbocycles. The van der Waals surface area contributed by atoms with E-state index in [0.717, 1.165) is 16.9 Å². The summed E-state index contributed by atoms with van der Waals surface area (Å²) in [6.45, 7) is 2.66. The number of primary amides is 1. The molecule has 3 aliphatic rings. The Morgan fingerprint density at radius 1 is 1.10 bits per heavy atom. The summed E-state index contributed by atoms with van der Waals surface area (Å²) in [6, 6.07) is 9.42. The zero-order valence-electron chi connectivity index (χ0n) is 22.3. The van der Waals surface area contributed by atoms with Crippen molar-refractivity contribution in [2.45, 2.75) is 51.3 Å². The average molecular weight is 549 g/mol. The smallest absolute Gasteiger partial charge is 0.255 e. The van der Waals surface area contributed by atoms with Gasteiger partial charge in [-0.05, 0) is 42.4 Å². The Morgan fingerprint density at radius 2 is 1.80 bits per heavy atom. The fourth-order valence-corrected chi connectivity index (χ4v) is 6.46. The normalized spacial score (nSPS) is 24.0. The van der Waals surface area contributed by atoms with E-state index in [0.29, 0.717) is 30.5 Å². The molecule has 0 aromatic heterocycles. The third-order valence-corrected chi connectivity index (χ3v) is 8.44. The van der Waals surface area contributed by atoms with Crippen molar-refractivity contribution >= 4 is 23.2 Å².